The standard InChI is InChI=1S/C24H21FN2O3/c1-14(2)16-6-11-22-20(12-16)27-24(30-22)17-7-10-21(29-3)19(13-17)26-23(28)15-4-8-18(25)9-5-15/h4-14H,1-3H3,(H,26,28). The number of methoxy groups -OCH3 is 1. The number of nitrogens with zero attached hydrogens (tertiary/aromatic N) is 1. The van der Waals surface area contributed by atoms with Gasteiger partial charge in [-0.1, -0.05) is 19.9 Å². The molecule has 3 aromatic carbocycles. The number of nitrogens with one attached hydrogen (secondary N) is 1. The highest BCUT2D eigenvalue weighted by Crippen LogP contribution is 2.33. The molecule has 0 unspecified atom stereocenters. The number of hydrogen-bond donors (Lipinski definition) is 1. The Bertz CT molecular complexity index is 1210. The number of fused-ring (bicyclic) bond motifs is 1. The third-order valence-corrected chi connectivity index (χ3v) is 4.88. The summed E-state index contributed by atoms with van der Waals surface area (Å²) >= 11 is 0. The summed E-state index contributed by atoms with van der Waals surface area (Å²) in [7, 11) is 1.52. The van der Waals surface area contributed by atoms with Gasteiger partial charge in [0.05, 0.1) is 12.8 Å². The highest BCUT2D eigenvalue weighted by Gasteiger charge is 2.15. The fraction of sp³-hybridized carbons (Fsp3) is 0.167. The molecule has 1 N–H and O–H groups in total. The number of benzene rings is 3. The fourth-order valence-electron chi connectivity index (χ4n) is 3.16. The minimum absolute atomic E-state index is 0.340. The van der Waals surface area contributed by atoms with E-state index in [1.807, 2.05) is 24.3 Å². The van der Waals surface area contributed by atoms with E-state index in [9.17, 15) is 9.18 Å². The molecular weight excluding hydrogens is 383 g/mol. The predicted octanol–water partition coefficient (Wildman–Crippen LogP) is 6.02. The molecule has 0 bridgehead atoms. The van der Waals surface area contributed by atoms with Gasteiger partial charge in [0.1, 0.15) is 17.1 Å². The maximum absolute atomic E-state index is 13.1. The monoisotopic (exact) mass is 404 g/mol. The minimum atomic E-state index is -0.400. The molecule has 0 atom stereocenters. The SMILES string of the molecule is COc1ccc(-c2nc3cc(C(C)C)ccc3o2)cc1NC(=O)c1ccc(F)cc1. The van der Waals surface area contributed by atoms with Gasteiger partial charge in [-0.25, -0.2) is 9.37 Å². The summed E-state index contributed by atoms with van der Waals surface area (Å²) in [6, 6.07) is 16.6. The second-order valence-electron chi connectivity index (χ2n) is 7.28. The minimum Gasteiger partial charge on any atom is -0.495 e. The second kappa shape index (κ2) is 7.99. The van der Waals surface area contributed by atoms with Gasteiger partial charge in [0, 0.05) is 11.1 Å². The van der Waals surface area contributed by atoms with Crippen LogP contribution in [0, 0.1) is 5.82 Å². The topological polar surface area (TPSA) is 64.4 Å². The highest BCUT2D eigenvalue weighted by molar-refractivity contribution is 6.05. The van der Waals surface area contributed by atoms with Gasteiger partial charge in [-0.2, -0.15) is 0 Å². The highest BCUT2D eigenvalue weighted by atomic mass is 19.1. The van der Waals surface area contributed by atoms with Gasteiger partial charge >= 0.3 is 0 Å². The van der Waals surface area contributed by atoms with Gasteiger partial charge in [-0.05, 0) is 66.1 Å². The van der Waals surface area contributed by atoms with Crippen molar-refractivity contribution >= 4 is 22.7 Å². The molecule has 0 radical (unpaired) electrons. The quantitative estimate of drug-likeness (QED) is 0.442. The van der Waals surface area contributed by atoms with E-state index in [0.29, 0.717) is 40.0 Å². The van der Waals surface area contributed by atoms with E-state index in [0.717, 1.165) is 5.52 Å². The molecule has 0 fully saturated rings. The zero-order valence-electron chi connectivity index (χ0n) is 16.9. The molecule has 5 nitrogen and oxygen atoms in total. The van der Waals surface area contributed by atoms with Crippen LogP contribution in [0.5, 0.6) is 5.75 Å². The first kappa shape index (κ1) is 19.6. The van der Waals surface area contributed by atoms with E-state index in [1.54, 1.807) is 12.1 Å². The van der Waals surface area contributed by atoms with Crippen molar-refractivity contribution in [2.45, 2.75) is 19.8 Å². The van der Waals surface area contributed by atoms with Crippen LogP contribution >= 0.6 is 0 Å². The number of aromatic nitrogens is 1. The van der Waals surface area contributed by atoms with E-state index in [2.05, 4.69) is 24.1 Å². The van der Waals surface area contributed by atoms with Crippen LogP contribution in [0.3, 0.4) is 0 Å². The van der Waals surface area contributed by atoms with E-state index in [1.165, 1.54) is 36.9 Å². The summed E-state index contributed by atoms with van der Waals surface area (Å²) < 4.78 is 24.4. The lowest BCUT2D eigenvalue weighted by Gasteiger charge is -2.11. The molecule has 1 aromatic heterocycles. The molecule has 4 rings (SSSR count). The van der Waals surface area contributed by atoms with E-state index in [-0.39, 0.29) is 5.91 Å². The lowest BCUT2D eigenvalue weighted by molar-refractivity contribution is 0.102. The van der Waals surface area contributed by atoms with Crippen molar-refractivity contribution in [2.75, 3.05) is 12.4 Å². The molecule has 1 amide bonds. The second-order valence-corrected chi connectivity index (χ2v) is 7.28. The largest absolute Gasteiger partial charge is 0.495 e. The molecule has 0 saturated heterocycles. The lowest BCUT2D eigenvalue weighted by Crippen LogP contribution is -2.12. The number of rotatable bonds is 5. The van der Waals surface area contributed by atoms with Crippen molar-refractivity contribution in [1.29, 1.82) is 0 Å². The molecule has 0 spiro atoms. The van der Waals surface area contributed by atoms with Crippen molar-refractivity contribution in [3.8, 4) is 17.2 Å². The average molecular weight is 404 g/mol. The number of amides is 1. The van der Waals surface area contributed by atoms with Crippen LogP contribution in [0.15, 0.2) is 65.1 Å². The lowest BCUT2D eigenvalue weighted by atomic mass is 10.0. The van der Waals surface area contributed by atoms with Gasteiger partial charge in [-0.3, -0.25) is 4.79 Å². The maximum Gasteiger partial charge on any atom is 0.255 e. The van der Waals surface area contributed by atoms with Crippen molar-refractivity contribution < 1.29 is 18.3 Å². The third kappa shape index (κ3) is 3.89. The van der Waals surface area contributed by atoms with Gasteiger partial charge < -0.3 is 14.5 Å². The Kier molecular flexibility index (Phi) is 5.23. The van der Waals surface area contributed by atoms with Crippen LogP contribution in [0.4, 0.5) is 10.1 Å². The number of halogens is 1. The Hall–Kier alpha value is -3.67. The molecule has 6 heteroatoms. The summed E-state index contributed by atoms with van der Waals surface area (Å²) in [5, 5.41) is 2.81. The number of ether oxygens (including phenoxy) is 1. The molecule has 1 heterocycles. The predicted molar refractivity (Wildman–Crippen MR) is 114 cm³/mol. The smallest absolute Gasteiger partial charge is 0.255 e. The molecule has 152 valence electrons. The van der Waals surface area contributed by atoms with Crippen molar-refractivity contribution in [1.82, 2.24) is 4.98 Å². The van der Waals surface area contributed by atoms with E-state index >= 15 is 0 Å². The van der Waals surface area contributed by atoms with Crippen LogP contribution in [0.1, 0.15) is 35.7 Å². The molecule has 0 aliphatic carbocycles. The number of anilines is 1. The van der Waals surface area contributed by atoms with Crippen molar-refractivity contribution in [3.63, 3.8) is 0 Å². The fourth-order valence-corrected chi connectivity index (χ4v) is 3.16. The Morgan fingerprint density at radius 3 is 2.53 bits per heavy atom. The van der Waals surface area contributed by atoms with Crippen LogP contribution in [-0.2, 0) is 0 Å². The summed E-state index contributed by atoms with van der Waals surface area (Å²) in [6.45, 7) is 4.25. The first-order valence-corrected chi connectivity index (χ1v) is 9.60. The van der Waals surface area contributed by atoms with Crippen LogP contribution < -0.4 is 10.1 Å². The Morgan fingerprint density at radius 2 is 1.83 bits per heavy atom. The molecule has 0 saturated carbocycles. The number of carbonyl (C=O) groups excluding carboxylic acids is 1. The Labute approximate surface area is 173 Å². The summed E-state index contributed by atoms with van der Waals surface area (Å²) in [6.07, 6.45) is 0. The first-order chi connectivity index (χ1) is 14.4. The van der Waals surface area contributed by atoms with Crippen molar-refractivity contribution in [2.24, 2.45) is 0 Å². The summed E-state index contributed by atoms with van der Waals surface area (Å²) in [5.74, 6) is 0.564. The van der Waals surface area contributed by atoms with E-state index < -0.39 is 5.82 Å². The van der Waals surface area contributed by atoms with Crippen LogP contribution in [0.25, 0.3) is 22.6 Å². The summed E-state index contributed by atoms with van der Waals surface area (Å²) in [5.41, 5.74) is 4.17. The van der Waals surface area contributed by atoms with Crippen molar-refractivity contribution in [3.05, 3.63) is 77.6 Å². The Balaban J connectivity index is 1.67. The molecule has 30 heavy (non-hydrogen) atoms. The Morgan fingerprint density at radius 1 is 1.07 bits per heavy atom. The first-order valence-electron chi connectivity index (χ1n) is 9.60. The molecule has 0 aliphatic heterocycles. The average Bonchev–Trinajstić information content (AvgIpc) is 3.17. The number of hydrogen-bond acceptors (Lipinski definition) is 4. The zero-order valence-corrected chi connectivity index (χ0v) is 16.9. The third-order valence-electron chi connectivity index (χ3n) is 4.88. The number of oxazole rings is 1. The van der Waals surface area contributed by atoms with E-state index in [4.69, 9.17) is 9.15 Å². The summed E-state index contributed by atoms with van der Waals surface area (Å²) in [4.78, 5) is 17.2. The molecule has 4 aromatic rings. The zero-order chi connectivity index (χ0) is 21.3. The van der Waals surface area contributed by atoms with Crippen LogP contribution in [0.2, 0.25) is 0 Å². The van der Waals surface area contributed by atoms with Gasteiger partial charge in [0.15, 0.2) is 5.58 Å². The van der Waals surface area contributed by atoms with Gasteiger partial charge in [-0.15, -0.1) is 0 Å². The normalized spacial score (nSPS) is 11.1. The molecular formula is C24H21FN2O3. The maximum atomic E-state index is 13.1. The van der Waals surface area contributed by atoms with Gasteiger partial charge in [0.25, 0.3) is 5.91 Å². The number of carbonyl (C=O) groups is 1. The molecule has 0 aliphatic rings. The van der Waals surface area contributed by atoms with Gasteiger partial charge in [0.2, 0.25) is 5.89 Å². The van der Waals surface area contributed by atoms with Crippen LogP contribution in [-0.4, -0.2) is 18.0 Å².